The predicted molar refractivity (Wildman–Crippen MR) is 106 cm³/mol. The maximum absolute atomic E-state index is 10.3. The van der Waals surface area contributed by atoms with E-state index in [1.807, 2.05) is 6.92 Å². The number of hydrogen-bond acceptors (Lipinski definition) is 8. The van der Waals surface area contributed by atoms with Crippen LogP contribution in [0.4, 0.5) is 0 Å². The molecule has 0 aromatic rings. The molecule has 30 heavy (non-hydrogen) atoms. The van der Waals surface area contributed by atoms with E-state index in [1.54, 1.807) is 6.92 Å². The molecule has 4 heterocycles. The first-order chi connectivity index (χ1) is 14.2. The summed E-state index contributed by atoms with van der Waals surface area (Å²) in [7, 11) is 0. The summed E-state index contributed by atoms with van der Waals surface area (Å²) < 4.78 is 18.7. The second-order valence-corrected chi connectivity index (χ2v) is 9.87. The lowest BCUT2D eigenvalue weighted by Gasteiger charge is -2.60. The van der Waals surface area contributed by atoms with Crippen LogP contribution in [0.25, 0.3) is 0 Å². The lowest BCUT2D eigenvalue weighted by Crippen LogP contribution is -2.70. The quantitative estimate of drug-likeness (QED) is 0.362. The molecule has 0 aromatic carbocycles. The van der Waals surface area contributed by atoms with Gasteiger partial charge in [-0.25, -0.2) is 14.7 Å². The molecule has 8 nitrogen and oxygen atoms in total. The van der Waals surface area contributed by atoms with Crippen LogP contribution in [-0.4, -0.2) is 53.1 Å². The van der Waals surface area contributed by atoms with E-state index in [-0.39, 0.29) is 24.9 Å². The Morgan fingerprint density at radius 1 is 1.20 bits per heavy atom. The van der Waals surface area contributed by atoms with Gasteiger partial charge in [0, 0.05) is 18.3 Å². The number of aliphatic hydroxyl groups is 1. The number of hydrogen-bond donors (Lipinski definition) is 2. The Kier molecular flexibility index (Phi) is 6.33. The lowest BCUT2D eigenvalue weighted by molar-refractivity contribution is -0.577. The third-order valence-electron chi connectivity index (χ3n) is 7.74. The van der Waals surface area contributed by atoms with Gasteiger partial charge in [-0.3, -0.25) is 5.26 Å². The van der Waals surface area contributed by atoms with Crippen LogP contribution in [0.3, 0.4) is 0 Å². The van der Waals surface area contributed by atoms with Gasteiger partial charge in [-0.2, -0.15) is 0 Å². The van der Waals surface area contributed by atoms with E-state index < -0.39 is 36.2 Å². The molecule has 172 valence electrons. The molecule has 1 aliphatic carbocycles. The molecule has 4 saturated heterocycles. The maximum atomic E-state index is 10.3. The summed E-state index contributed by atoms with van der Waals surface area (Å²) in [5, 5.41) is 19.2. The summed E-state index contributed by atoms with van der Waals surface area (Å²) >= 11 is 0. The number of rotatable bonds is 7. The molecule has 1 spiro atoms. The maximum Gasteiger partial charge on any atom is 0.201 e. The highest BCUT2D eigenvalue weighted by atomic mass is 17.3. The number of ether oxygens (including phenoxy) is 3. The van der Waals surface area contributed by atoms with Crippen LogP contribution in [-0.2, 0) is 28.9 Å². The third-order valence-corrected chi connectivity index (χ3v) is 7.74. The molecular weight excluding hydrogens is 392 g/mol. The summed E-state index contributed by atoms with van der Waals surface area (Å²) in [6, 6.07) is 0. The van der Waals surface area contributed by atoms with Crippen molar-refractivity contribution in [1.82, 2.24) is 0 Å². The Bertz CT molecular complexity index is 643. The van der Waals surface area contributed by atoms with E-state index in [9.17, 15) is 5.11 Å². The number of fused-ring (bicyclic) bond motifs is 2. The summed E-state index contributed by atoms with van der Waals surface area (Å²) in [4.78, 5) is 16.3. The van der Waals surface area contributed by atoms with Crippen molar-refractivity contribution in [2.24, 2.45) is 23.7 Å². The zero-order valence-corrected chi connectivity index (χ0v) is 18.4. The third kappa shape index (κ3) is 3.65. The Balaban J connectivity index is 1.47. The minimum atomic E-state index is -0.918. The highest BCUT2D eigenvalue weighted by Crippen LogP contribution is 2.60. The standard InChI is InChI=1S/C22H36O8/c1-12(2)18(28-24)17(23)9-11-25-19-14(4)16-7-6-13(3)15-8-10-21(5)27-20(26-19)22(15,16)30-29-21/h13-20,23-24H,1,6-11H2,2-5H3/t13-,14-,15+,16+,17-,18-,19?,20-,21-,22-/m1/s1. The molecule has 0 amide bonds. The molecule has 4 aliphatic heterocycles. The Morgan fingerprint density at radius 2 is 1.97 bits per heavy atom. The predicted octanol–water partition coefficient (Wildman–Crippen LogP) is 3.40. The largest absolute Gasteiger partial charge is 0.390 e. The van der Waals surface area contributed by atoms with Gasteiger partial charge in [0.15, 0.2) is 18.2 Å². The van der Waals surface area contributed by atoms with Crippen LogP contribution in [0, 0.1) is 23.7 Å². The van der Waals surface area contributed by atoms with Gasteiger partial charge in [-0.15, -0.1) is 0 Å². The van der Waals surface area contributed by atoms with Gasteiger partial charge >= 0.3 is 0 Å². The van der Waals surface area contributed by atoms with Crippen LogP contribution in [0.2, 0.25) is 0 Å². The Hall–Kier alpha value is -0.580. The normalized spacial score (nSPS) is 47.3. The minimum Gasteiger partial charge on any atom is -0.390 e. The van der Waals surface area contributed by atoms with Crippen molar-refractivity contribution in [3.63, 3.8) is 0 Å². The molecule has 2 N–H and O–H groups in total. The molecule has 5 fully saturated rings. The fraction of sp³-hybridized carbons (Fsp3) is 0.909. The molecular formula is C22H36O8. The van der Waals surface area contributed by atoms with Crippen LogP contribution >= 0.6 is 0 Å². The van der Waals surface area contributed by atoms with Crippen LogP contribution in [0.5, 0.6) is 0 Å². The smallest absolute Gasteiger partial charge is 0.201 e. The average Bonchev–Trinajstić information content (AvgIpc) is 2.92. The van der Waals surface area contributed by atoms with Gasteiger partial charge in [0.05, 0.1) is 12.7 Å². The van der Waals surface area contributed by atoms with E-state index in [0.29, 0.717) is 17.4 Å². The monoisotopic (exact) mass is 428 g/mol. The van der Waals surface area contributed by atoms with Crippen LogP contribution < -0.4 is 0 Å². The molecule has 1 unspecified atom stereocenters. The second-order valence-electron chi connectivity index (χ2n) is 9.87. The van der Waals surface area contributed by atoms with Gasteiger partial charge in [-0.1, -0.05) is 20.4 Å². The van der Waals surface area contributed by atoms with E-state index in [1.165, 1.54) is 0 Å². The molecule has 8 heteroatoms. The number of aliphatic hydroxyl groups excluding tert-OH is 1. The summed E-state index contributed by atoms with van der Waals surface area (Å²) in [6.45, 7) is 12.0. The zero-order chi connectivity index (χ0) is 21.7. The first kappa shape index (κ1) is 22.6. The van der Waals surface area contributed by atoms with Crippen LogP contribution in [0.1, 0.15) is 59.8 Å². The highest BCUT2D eigenvalue weighted by Gasteiger charge is 2.69. The van der Waals surface area contributed by atoms with Crippen molar-refractivity contribution in [2.45, 2.75) is 96.0 Å². The van der Waals surface area contributed by atoms with Gasteiger partial charge in [0.25, 0.3) is 0 Å². The highest BCUT2D eigenvalue weighted by molar-refractivity contribution is 5.09. The van der Waals surface area contributed by atoms with Crippen molar-refractivity contribution < 1.29 is 39.2 Å². The fourth-order valence-electron chi connectivity index (χ4n) is 6.01. The molecule has 5 rings (SSSR count). The molecule has 5 aliphatic rings. The molecule has 1 saturated carbocycles. The zero-order valence-electron chi connectivity index (χ0n) is 18.4. The first-order valence-electron chi connectivity index (χ1n) is 11.2. The topological polar surface area (TPSA) is 95.8 Å². The SMILES string of the molecule is C=C(C)[C@@H](OO)[C@H](O)CCOC1O[C@@H]2O[C@@]3(C)CC[C@H]4[C@H](C)CC[C@@H]([C@H]1C)[C@@]24OO3. The van der Waals surface area contributed by atoms with Crippen molar-refractivity contribution >= 4 is 0 Å². The summed E-state index contributed by atoms with van der Waals surface area (Å²) in [6.07, 6.45) is 1.39. The van der Waals surface area contributed by atoms with E-state index in [2.05, 4.69) is 25.3 Å². The van der Waals surface area contributed by atoms with Gasteiger partial charge < -0.3 is 19.3 Å². The van der Waals surface area contributed by atoms with Gasteiger partial charge in [0.1, 0.15) is 6.10 Å². The van der Waals surface area contributed by atoms with Crippen molar-refractivity contribution in [2.75, 3.05) is 6.61 Å². The van der Waals surface area contributed by atoms with E-state index in [4.69, 9.17) is 29.2 Å². The first-order valence-corrected chi connectivity index (χ1v) is 11.2. The Morgan fingerprint density at radius 3 is 2.67 bits per heavy atom. The molecule has 0 aromatic heterocycles. The Labute approximate surface area is 178 Å². The second kappa shape index (κ2) is 8.41. The van der Waals surface area contributed by atoms with Crippen molar-refractivity contribution in [3.05, 3.63) is 12.2 Å². The summed E-state index contributed by atoms with van der Waals surface area (Å²) in [5.74, 6) is 0.283. The average molecular weight is 429 g/mol. The molecule has 10 atom stereocenters. The van der Waals surface area contributed by atoms with Gasteiger partial charge in [0.2, 0.25) is 5.79 Å². The van der Waals surface area contributed by atoms with Crippen molar-refractivity contribution in [1.29, 1.82) is 0 Å². The lowest BCUT2D eigenvalue weighted by atomic mass is 9.58. The molecule has 2 bridgehead atoms. The summed E-state index contributed by atoms with van der Waals surface area (Å²) in [5.41, 5.74) is -0.0627. The van der Waals surface area contributed by atoms with Crippen molar-refractivity contribution in [3.8, 4) is 0 Å². The minimum absolute atomic E-state index is 0.0779. The van der Waals surface area contributed by atoms with E-state index in [0.717, 1.165) is 25.7 Å². The molecule has 0 radical (unpaired) electrons. The fourth-order valence-corrected chi connectivity index (χ4v) is 6.01. The van der Waals surface area contributed by atoms with Crippen LogP contribution in [0.15, 0.2) is 12.2 Å². The van der Waals surface area contributed by atoms with E-state index >= 15 is 0 Å². The van der Waals surface area contributed by atoms with Gasteiger partial charge in [-0.05, 0) is 56.9 Å².